The first kappa shape index (κ1) is 31.3. The van der Waals surface area contributed by atoms with Crippen molar-refractivity contribution in [1.29, 1.82) is 0 Å². The van der Waals surface area contributed by atoms with E-state index >= 15 is 4.39 Å². The fourth-order valence-electron chi connectivity index (χ4n) is 5.74. The van der Waals surface area contributed by atoms with Crippen LogP contribution in [-0.4, -0.2) is 54.2 Å². The van der Waals surface area contributed by atoms with Crippen LogP contribution in [0.25, 0.3) is 11.8 Å². The Morgan fingerprint density at radius 1 is 1.09 bits per heavy atom. The number of carbonyl (C=O) groups is 1. The first-order valence-electron chi connectivity index (χ1n) is 14.2. The molecule has 2 N–H and O–H groups in total. The van der Waals surface area contributed by atoms with Gasteiger partial charge in [0.05, 0.1) is 18.0 Å². The molecule has 6 rings (SSSR count). The zero-order valence-electron chi connectivity index (χ0n) is 24.6. The Balaban J connectivity index is 1.22. The fraction of sp³-hybridized carbons (Fsp3) is 0.250. The number of carbonyl (C=O) groups excluding carboxylic acids is 1. The topological polar surface area (TPSA) is 117 Å². The van der Waals surface area contributed by atoms with Gasteiger partial charge in [0.2, 0.25) is 10.0 Å². The van der Waals surface area contributed by atoms with Gasteiger partial charge in [-0.05, 0) is 71.9 Å². The number of aromatic nitrogens is 2. The minimum absolute atomic E-state index is 0.0177. The number of sulfonamides is 1. The maximum absolute atomic E-state index is 15.4. The number of hydrogen-bond donors (Lipinski definition) is 1. The highest BCUT2D eigenvalue weighted by Crippen LogP contribution is 2.37. The minimum Gasteiger partial charge on any atom is -0.454 e. The summed E-state index contributed by atoms with van der Waals surface area (Å²) in [6.07, 6.45) is 4.40. The van der Waals surface area contributed by atoms with E-state index in [0.29, 0.717) is 34.2 Å². The Bertz CT molecular complexity index is 1980. The first-order valence-corrected chi connectivity index (χ1v) is 16.0. The van der Waals surface area contributed by atoms with Crippen molar-refractivity contribution in [2.24, 2.45) is 5.92 Å². The van der Waals surface area contributed by atoms with Gasteiger partial charge in [0, 0.05) is 31.1 Å². The summed E-state index contributed by atoms with van der Waals surface area (Å²) in [6.45, 7) is -0.940. The van der Waals surface area contributed by atoms with E-state index < -0.39 is 34.1 Å². The molecule has 0 radical (unpaired) electrons. The second kappa shape index (κ2) is 11.9. The van der Waals surface area contributed by atoms with E-state index in [1.165, 1.54) is 40.8 Å². The largest absolute Gasteiger partial charge is 0.454 e. The lowest BCUT2D eigenvalue weighted by Gasteiger charge is -2.37. The number of nitrogen functional groups attached to an aromatic ring is 1. The number of rotatable bonds is 10. The molecule has 14 heteroatoms. The van der Waals surface area contributed by atoms with Crippen LogP contribution in [0.3, 0.4) is 0 Å². The van der Waals surface area contributed by atoms with Crippen molar-refractivity contribution in [3.63, 3.8) is 0 Å². The smallest absolute Gasteiger partial charge is 0.387 e. The summed E-state index contributed by atoms with van der Waals surface area (Å²) in [5, 5.41) is 4.16. The molecular weight excluding hydrogens is 628 g/mol. The number of nitrogens with zero attached hydrogens (tertiary/aromatic N) is 3. The van der Waals surface area contributed by atoms with Crippen LogP contribution in [0.2, 0.25) is 0 Å². The van der Waals surface area contributed by atoms with Gasteiger partial charge in [-0.15, -0.1) is 0 Å². The summed E-state index contributed by atoms with van der Waals surface area (Å²) in [6, 6.07) is 11.4. The lowest BCUT2D eigenvalue weighted by Crippen LogP contribution is -2.50. The summed E-state index contributed by atoms with van der Waals surface area (Å²) in [7, 11) is -3.33. The van der Waals surface area contributed by atoms with Crippen molar-refractivity contribution < 1.29 is 40.2 Å². The molecule has 1 saturated heterocycles. The van der Waals surface area contributed by atoms with Crippen LogP contribution >= 0.6 is 0 Å². The van der Waals surface area contributed by atoms with Gasteiger partial charge in [0.1, 0.15) is 23.0 Å². The summed E-state index contributed by atoms with van der Waals surface area (Å²) < 4.78 is 92.1. The molecule has 1 fully saturated rings. The maximum atomic E-state index is 15.4. The average Bonchev–Trinajstić information content (AvgIpc) is 3.53. The number of fused-ring (bicyclic) bond motifs is 1. The Morgan fingerprint density at radius 3 is 2.50 bits per heavy atom. The number of aryl methyl sites for hydroxylation is 1. The van der Waals surface area contributed by atoms with Gasteiger partial charge in [-0.2, -0.15) is 13.9 Å². The molecule has 46 heavy (non-hydrogen) atoms. The summed E-state index contributed by atoms with van der Waals surface area (Å²) in [5.74, 6) is -2.10. The minimum atomic E-state index is -3.33. The number of alkyl halides is 2. The number of halogens is 4. The number of anilines is 1. The van der Waals surface area contributed by atoms with E-state index in [9.17, 15) is 26.4 Å². The maximum Gasteiger partial charge on any atom is 0.387 e. The van der Waals surface area contributed by atoms with Crippen molar-refractivity contribution in [2.75, 3.05) is 25.1 Å². The number of ether oxygens (including phenoxy) is 2. The number of hydrogen-bond acceptors (Lipinski definition) is 7. The van der Waals surface area contributed by atoms with Gasteiger partial charge in [-0.25, -0.2) is 26.2 Å². The standard InChI is InChI=1S/C32H28F4N4O5S/c1-17-7-23(44-27-6-4-3-5-25(27)33)13-26(34)29(17)40-31(37)24(14-38-40)30(41)22-10-19-9-21(8-18-15-39(16-18)46(2,42)43)28(45-32(35)36)12-20(19)11-22/h3-7,9,11-14,18,32H,8,10,15-16,37H2,1-2H3. The van der Waals surface area contributed by atoms with Crippen LogP contribution in [-0.2, 0) is 22.9 Å². The van der Waals surface area contributed by atoms with E-state index in [1.54, 1.807) is 25.1 Å². The molecule has 2 heterocycles. The van der Waals surface area contributed by atoms with Crippen molar-refractivity contribution in [3.8, 4) is 22.9 Å². The highest BCUT2D eigenvalue weighted by molar-refractivity contribution is 7.88. The van der Waals surface area contributed by atoms with Crippen LogP contribution in [0, 0.1) is 24.5 Å². The molecular formula is C32H28F4N4O5S. The van der Waals surface area contributed by atoms with Crippen LogP contribution < -0.4 is 15.2 Å². The van der Waals surface area contributed by atoms with Gasteiger partial charge in [0.25, 0.3) is 0 Å². The molecule has 0 unspecified atom stereocenters. The van der Waals surface area contributed by atoms with Gasteiger partial charge in [-0.3, -0.25) is 4.79 Å². The molecule has 9 nitrogen and oxygen atoms in total. The Labute approximate surface area is 261 Å². The molecule has 1 aliphatic carbocycles. The number of Topliss-reactive ketones (excluding diaryl/α,β-unsaturated/α-hetero) is 1. The van der Waals surface area contributed by atoms with Crippen molar-refractivity contribution in [1.82, 2.24) is 14.1 Å². The zero-order chi connectivity index (χ0) is 32.9. The SMILES string of the molecule is Cc1cc(Oc2ccccc2F)cc(F)c1-n1ncc(C(=O)C2=Cc3cc(OC(F)F)c(CC4CN(S(C)(=O)=O)C4)cc3C2)c1N. The molecule has 3 aromatic carbocycles. The third kappa shape index (κ3) is 6.09. The average molecular weight is 657 g/mol. The van der Waals surface area contributed by atoms with E-state index in [0.717, 1.165) is 17.0 Å². The number of benzene rings is 3. The van der Waals surface area contributed by atoms with E-state index in [4.69, 9.17) is 15.2 Å². The van der Waals surface area contributed by atoms with Crippen molar-refractivity contribution in [2.45, 2.75) is 26.4 Å². The molecule has 1 aromatic heterocycles. The summed E-state index contributed by atoms with van der Waals surface area (Å²) in [5.41, 5.74) is 8.69. The second-order valence-electron chi connectivity index (χ2n) is 11.3. The predicted molar refractivity (Wildman–Crippen MR) is 162 cm³/mol. The van der Waals surface area contributed by atoms with E-state index in [-0.39, 0.29) is 59.7 Å². The van der Waals surface area contributed by atoms with Gasteiger partial charge < -0.3 is 15.2 Å². The fourth-order valence-corrected chi connectivity index (χ4v) is 6.70. The highest BCUT2D eigenvalue weighted by Gasteiger charge is 2.34. The van der Waals surface area contributed by atoms with Gasteiger partial charge in [0.15, 0.2) is 23.2 Å². The number of allylic oxidation sites excluding steroid dienone is 1. The zero-order valence-corrected chi connectivity index (χ0v) is 25.5. The van der Waals surface area contributed by atoms with Gasteiger partial charge in [-0.1, -0.05) is 18.2 Å². The van der Waals surface area contributed by atoms with Crippen LogP contribution in [0.4, 0.5) is 23.4 Å². The Hall–Kier alpha value is -4.69. The van der Waals surface area contributed by atoms with Crippen molar-refractivity contribution >= 4 is 27.7 Å². The quantitative estimate of drug-likeness (QED) is 0.172. The van der Waals surface area contributed by atoms with E-state index in [1.807, 2.05) is 0 Å². The molecule has 0 atom stereocenters. The predicted octanol–water partition coefficient (Wildman–Crippen LogP) is 5.69. The van der Waals surface area contributed by atoms with Crippen LogP contribution in [0.5, 0.6) is 17.2 Å². The van der Waals surface area contributed by atoms with Crippen molar-refractivity contribution in [3.05, 3.63) is 99.8 Å². The number of ketones is 1. The molecule has 0 amide bonds. The second-order valence-corrected chi connectivity index (χ2v) is 13.3. The lowest BCUT2D eigenvalue weighted by atomic mass is 9.91. The highest BCUT2D eigenvalue weighted by atomic mass is 32.2. The van der Waals surface area contributed by atoms with Gasteiger partial charge >= 0.3 is 6.61 Å². The van der Waals surface area contributed by atoms with Crippen LogP contribution in [0.15, 0.2) is 60.3 Å². The third-order valence-electron chi connectivity index (χ3n) is 8.00. The molecule has 0 saturated carbocycles. The molecule has 0 spiro atoms. The van der Waals surface area contributed by atoms with E-state index in [2.05, 4.69) is 5.10 Å². The molecule has 0 bridgehead atoms. The summed E-state index contributed by atoms with van der Waals surface area (Å²) >= 11 is 0. The number of para-hydroxylation sites is 1. The molecule has 4 aromatic rings. The number of nitrogens with two attached hydrogens (primary N) is 1. The molecule has 1 aliphatic heterocycles. The first-order chi connectivity index (χ1) is 21.8. The molecule has 240 valence electrons. The normalized spacial score (nSPS) is 15.1. The molecule has 2 aliphatic rings. The summed E-state index contributed by atoms with van der Waals surface area (Å²) in [4.78, 5) is 13.6. The monoisotopic (exact) mass is 656 g/mol. The third-order valence-corrected chi connectivity index (χ3v) is 9.23. The Kier molecular flexibility index (Phi) is 8.11. The lowest BCUT2D eigenvalue weighted by molar-refractivity contribution is -0.0506. The van der Waals surface area contributed by atoms with Crippen LogP contribution in [0.1, 0.15) is 32.6 Å². The Morgan fingerprint density at radius 2 is 1.83 bits per heavy atom.